The molecule has 2 aliphatic heterocycles. The Morgan fingerprint density at radius 2 is 0.894 bits per heavy atom. The molecule has 12 N–H and O–H groups in total. The number of hydrogen-bond acceptors (Lipinski definition) is 20. The molecule has 6 aliphatic carbocycles. The van der Waals surface area contributed by atoms with Crippen molar-refractivity contribution in [1.82, 2.24) is 60.4 Å². The molecule has 8 aromatic rings. The number of carboxylic acids is 2. The smallest absolute Gasteiger partial charge is 0.349 e. The third-order valence-electron chi connectivity index (χ3n) is 21.7. The van der Waals surface area contributed by atoms with Crippen LogP contribution in [0.3, 0.4) is 0 Å². The Bertz CT molecular complexity index is 4760. The molecule has 0 radical (unpaired) electrons. The fourth-order valence-corrected chi connectivity index (χ4v) is 15.4. The zero-order chi connectivity index (χ0) is 66.5. The third-order valence-corrected chi connectivity index (χ3v) is 21.7. The van der Waals surface area contributed by atoms with E-state index in [1.165, 1.54) is 12.1 Å². The number of nitrogens with zero attached hydrogens (tertiary/aromatic N) is 8. The van der Waals surface area contributed by atoms with Crippen molar-refractivity contribution in [1.29, 1.82) is 0 Å². The summed E-state index contributed by atoms with van der Waals surface area (Å²) in [5.74, 6) is -4.07. The number of hydrogen-bond donors (Lipinski definition) is 10. The maximum absolute atomic E-state index is 13.6. The van der Waals surface area contributed by atoms with Gasteiger partial charge in [-0.3, -0.25) is 47.9 Å². The lowest BCUT2D eigenvalue weighted by Crippen LogP contribution is -2.54. The van der Waals surface area contributed by atoms with Crippen molar-refractivity contribution in [3.05, 3.63) is 167 Å². The number of nitrogens with two attached hydrogens (primary N) is 2. The summed E-state index contributed by atoms with van der Waals surface area (Å²) in [5.41, 5.74) is 11.6. The summed E-state index contributed by atoms with van der Waals surface area (Å²) in [4.78, 5) is 162. The van der Waals surface area contributed by atoms with Crippen molar-refractivity contribution < 1.29 is 39.0 Å². The van der Waals surface area contributed by atoms with Gasteiger partial charge in [-0.15, -0.1) is 10.2 Å². The molecule has 4 amide bonds. The number of nitrogen functional groups attached to an aromatic ring is 2. The lowest BCUT2D eigenvalue weighted by molar-refractivity contribution is -0.160. The molecule has 6 heterocycles. The highest BCUT2D eigenvalue weighted by atomic mass is 16.4. The molecular formula is C64H68N16O14. The van der Waals surface area contributed by atoms with Crippen LogP contribution in [0.2, 0.25) is 0 Å². The van der Waals surface area contributed by atoms with E-state index >= 15 is 0 Å². The predicted octanol–water partition coefficient (Wildman–Crippen LogP) is 1.26. The van der Waals surface area contributed by atoms with Gasteiger partial charge in [0.15, 0.2) is 0 Å². The molecule has 8 aliphatic rings. The fourth-order valence-electron chi connectivity index (χ4n) is 15.4. The minimum absolute atomic E-state index is 0.0116. The molecule has 2 unspecified atom stereocenters. The lowest BCUT2D eigenvalue weighted by Gasteiger charge is -2.54. The van der Waals surface area contributed by atoms with Gasteiger partial charge < -0.3 is 52.7 Å². The van der Waals surface area contributed by atoms with E-state index in [0.717, 1.165) is 42.2 Å². The Labute approximate surface area is 531 Å². The van der Waals surface area contributed by atoms with Crippen LogP contribution in [0.4, 0.5) is 22.7 Å². The Balaban J connectivity index is 0.000000171. The molecule has 4 aromatic carbocycles. The molecule has 6 fully saturated rings. The number of carbonyl (C=O) groups excluding carboxylic acids is 4. The zero-order valence-electron chi connectivity index (χ0n) is 51.4. The first-order valence-corrected chi connectivity index (χ1v) is 31.3. The molecule has 0 spiro atoms. The summed E-state index contributed by atoms with van der Waals surface area (Å²) >= 11 is 0. The summed E-state index contributed by atoms with van der Waals surface area (Å²) in [7, 11) is 0. The highest BCUT2D eigenvalue weighted by Crippen LogP contribution is 2.59. The van der Waals surface area contributed by atoms with Crippen molar-refractivity contribution in [2.24, 2.45) is 21.7 Å². The van der Waals surface area contributed by atoms with E-state index < -0.39 is 79.5 Å². The van der Waals surface area contributed by atoms with Gasteiger partial charge in [0.2, 0.25) is 0 Å². The molecule has 4 bridgehead atoms. The molecule has 30 nitrogen and oxygen atoms in total. The van der Waals surface area contributed by atoms with E-state index in [1.54, 1.807) is 9.80 Å². The Morgan fingerprint density at radius 1 is 0.511 bits per heavy atom. The summed E-state index contributed by atoms with van der Waals surface area (Å²) < 4.78 is 2.02. The first-order valence-electron chi connectivity index (χ1n) is 31.3. The summed E-state index contributed by atoms with van der Waals surface area (Å²) in [6, 6.07) is 13.5. The van der Waals surface area contributed by atoms with E-state index in [0.29, 0.717) is 116 Å². The number of benzene rings is 2. The highest BCUT2D eigenvalue weighted by molar-refractivity contribution is 5.99. The van der Waals surface area contributed by atoms with E-state index in [1.807, 2.05) is 50.2 Å². The van der Waals surface area contributed by atoms with Crippen molar-refractivity contribution in [2.45, 2.75) is 142 Å². The van der Waals surface area contributed by atoms with E-state index in [9.17, 15) is 67.7 Å². The van der Waals surface area contributed by atoms with Crippen LogP contribution in [0, 0.1) is 21.7 Å². The largest absolute Gasteiger partial charge is 0.481 e. The molecule has 2 atom stereocenters. The van der Waals surface area contributed by atoms with Crippen molar-refractivity contribution in [3.8, 4) is 0 Å². The van der Waals surface area contributed by atoms with E-state index in [4.69, 9.17) is 11.5 Å². The van der Waals surface area contributed by atoms with Gasteiger partial charge in [-0.05, 0) is 160 Å². The average Bonchev–Trinajstić information content (AvgIpc) is 2.75. The number of aromatic nitrogens is 8. The number of carbonyl (C=O) groups is 6. The molecule has 30 heteroatoms. The quantitative estimate of drug-likeness (QED) is 0.0609. The average molecular weight is 1290 g/mol. The molecule has 0 saturated heterocycles. The maximum atomic E-state index is 13.6. The van der Waals surface area contributed by atoms with Gasteiger partial charge in [0.05, 0.1) is 10.8 Å². The Morgan fingerprint density at radius 3 is 1.30 bits per heavy atom. The van der Waals surface area contributed by atoms with Crippen LogP contribution >= 0.6 is 0 Å². The van der Waals surface area contributed by atoms with Crippen LogP contribution < -0.4 is 75.6 Å². The second-order valence-electron chi connectivity index (χ2n) is 26.4. The third kappa shape index (κ3) is 10.5. The van der Waals surface area contributed by atoms with Crippen molar-refractivity contribution in [3.63, 3.8) is 0 Å². The Hall–Kier alpha value is -10.7. The standard InChI is InChI=1S/2C32H34N8O7/c1-16(31-5-8-32(9-6-31,10-7-31)28(45)46)35-26(43)20-13-21(40-29(36-20)37-38-30(40)47)27(44)34-14-17-2-3-18-4-11-39(15-19(18)12-17)23-22(33)24(41)25(23)42;1-16(31-5-8-32(9-6-31,10-7-31)28(45)46)35-27(44)21-13-20(36-29-37-38-30(47)40(21)29)26(43)34-14-17-2-3-18-4-11-39(15-19(18)12-17)23-22(33)24(41)25(23)42/h2-3,12-13,16H,4-11,14-15,33H2,1H3,(H,34,44)(H,35,43)(H,38,47)(H,45,46);2-3,12-13,16H,4-11,14-15,33H2,1H3,(H,34,43)(H,35,44)(H,38,47)(H,45,46). The van der Waals surface area contributed by atoms with Gasteiger partial charge >= 0.3 is 23.3 Å². The molecule has 16 rings (SSSR count). The molecule has 4 aromatic heterocycles. The number of H-pyrrole nitrogens is 2. The second-order valence-corrected chi connectivity index (χ2v) is 26.4. The number of amides is 4. The van der Waals surface area contributed by atoms with Crippen LogP contribution in [-0.4, -0.2) is 110 Å². The maximum Gasteiger partial charge on any atom is 0.349 e. The Kier molecular flexibility index (Phi) is 15.3. The van der Waals surface area contributed by atoms with Crippen LogP contribution in [0.1, 0.15) is 166 Å². The fraction of sp³-hybridized carbons (Fsp3) is 0.438. The number of carboxylic acid groups (broad SMARTS) is 2. The van der Waals surface area contributed by atoms with Crippen molar-refractivity contribution >= 4 is 69.9 Å². The van der Waals surface area contributed by atoms with E-state index in [-0.39, 0.29) is 93.1 Å². The summed E-state index contributed by atoms with van der Waals surface area (Å²) in [6.07, 6.45) is 8.84. The number of aliphatic carboxylic acids is 2. The monoisotopic (exact) mass is 1280 g/mol. The highest BCUT2D eigenvalue weighted by Gasteiger charge is 2.56. The minimum atomic E-state index is -0.756. The number of anilines is 4. The van der Waals surface area contributed by atoms with Crippen LogP contribution in [0.15, 0.2) is 77.3 Å². The summed E-state index contributed by atoms with van der Waals surface area (Å²) in [5, 5.41) is 43.5. The van der Waals surface area contributed by atoms with Gasteiger partial charge in [-0.1, -0.05) is 36.4 Å². The number of fused-ring (bicyclic) bond motifs is 10. The summed E-state index contributed by atoms with van der Waals surface area (Å²) in [6.45, 7) is 5.94. The van der Waals surface area contributed by atoms with Gasteiger partial charge in [0.25, 0.3) is 56.9 Å². The SMILES string of the molecule is CC(NC(=O)c1cc(C(=O)NCc2ccc3c(c2)CN(c2c(N)c(=O)c2=O)CC3)n2c(=O)[nH]nc2n1)C12CCC(C(=O)O)(CC1)CC2.CC(NC(=O)c1cc(C(=O)NCc2ccc3c(c2)CN(c2c(N)c(=O)c2=O)CC3)nc2n[nH]c(=O)n12)C12CCC(C(=O)O)(CC1)CC2. The minimum Gasteiger partial charge on any atom is -0.481 e. The van der Waals surface area contributed by atoms with Crippen LogP contribution in [0.5, 0.6) is 0 Å². The van der Waals surface area contributed by atoms with Gasteiger partial charge in [0.1, 0.15) is 45.5 Å². The second kappa shape index (κ2) is 23.2. The first-order chi connectivity index (χ1) is 44.8. The van der Waals surface area contributed by atoms with Gasteiger partial charge in [-0.2, -0.15) is 0 Å². The molecule has 6 saturated carbocycles. The van der Waals surface area contributed by atoms with Crippen molar-refractivity contribution in [2.75, 3.05) is 34.4 Å². The van der Waals surface area contributed by atoms with Gasteiger partial charge in [-0.25, -0.2) is 38.6 Å². The first kappa shape index (κ1) is 62.1. The van der Waals surface area contributed by atoms with E-state index in [2.05, 4.69) is 51.6 Å². The zero-order valence-corrected chi connectivity index (χ0v) is 51.4. The van der Waals surface area contributed by atoms with Crippen LogP contribution in [-0.2, 0) is 48.6 Å². The topological polar surface area (TPSA) is 444 Å². The predicted molar refractivity (Wildman–Crippen MR) is 338 cm³/mol. The number of nitrogens with one attached hydrogen (secondary N) is 6. The molecule has 94 heavy (non-hydrogen) atoms. The molecular weight excluding hydrogens is 1220 g/mol. The van der Waals surface area contributed by atoms with Gasteiger partial charge in [0, 0.05) is 51.4 Å². The molecule has 488 valence electrons. The normalized spacial score (nSPS) is 22.6. The number of aromatic amines is 2. The van der Waals surface area contributed by atoms with Crippen LogP contribution in [0.25, 0.3) is 11.6 Å². The number of rotatable bonds is 16. The lowest BCUT2D eigenvalue weighted by atomic mass is 9.52.